The molecule has 0 atom stereocenters. The number of ether oxygens (including phenoxy) is 1. The SMILES string of the molecule is CCOc1ncnc(NCc2scnc2C)c1C. The first kappa shape index (κ1) is 12.8. The average molecular weight is 264 g/mol. The fraction of sp³-hybridized carbons (Fsp3) is 0.417. The number of hydrogen-bond acceptors (Lipinski definition) is 6. The highest BCUT2D eigenvalue weighted by atomic mass is 32.1. The topological polar surface area (TPSA) is 59.9 Å². The van der Waals surface area contributed by atoms with Gasteiger partial charge in [0, 0.05) is 4.88 Å². The molecule has 96 valence electrons. The van der Waals surface area contributed by atoms with E-state index in [1.54, 1.807) is 11.3 Å². The van der Waals surface area contributed by atoms with Crippen LogP contribution in [0.3, 0.4) is 0 Å². The minimum Gasteiger partial charge on any atom is -0.478 e. The van der Waals surface area contributed by atoms with E-state index in [4.69, 9.17) is 4.74 Å². The Kier molecular flexibility index (Phi) is 4.09. The van der Waals surface area contributed by atoms with Crippen LogP contribution < -0.4 is 10.1 Å². The molecule has 0 radical (unpaired) electrons. The van der Waals surface area contributed by atoms with E-state index in [9.17, 15) is 0 Å². The number of aryl methyl sites for hydroxylation is 1. The highest BCUT2D eigenvalue weighted by Crippen LogP contribution is 2.21. The van der Waals surface area contributed by atoms with Gasteiger partial charge in [0.15, 0.2) is 0 Å². The quantitative estimate of drug-likeness (QED) is 0.899. The van der Waals surface area contributed by atoms with Crippen LogP contribution in [-0.4, -0.2) is 21.6 Å². The Morgan fingerprint density at radius 1 is 1.28 bits per heavy atom. The predicted molar refractivity (Wildman–Crippen MR) is 72.1 cm³/mol. The van der Waals surface area contributed by atoms with Gasteiger partial charge in [0.25, 0.3) is 0 Å². The molecule has 0 fully saturated rings. The van der Waals surface area contributed by atoms with Crippen molar-refractivity contribution in [2.24, 2.45) is 0 Å². The van der Waals surface area contributed by atoms with Crippen LogP contribution in [0.2, 0.25) is 0 Å². The van der Waals surface area contributed by atoms with E-state index in [0.717, 1.165) is 23.6 Å². The summed E-state index contributed by atoms with van der Waals surface area (Å²) in [5, 5.41) is 3.29. The number of nitrogens with one attached hydrogen (secondary N) is 1. The van der Waals surface area contributed by atoms with E-state index in [1.165, 1.54) is 11.2 Å². The van der Waals surface area contributed by atoms with Crippen LogP contribution in [0.25, 0.3) is 0 Å². The summed E-state index contributed by atoms with van der Waals surface area (Å²) in [5.41, 5.74) is 3.84. The first-order valence-electron chi connectivity index (χ1n) is 5.79. The summed E-state index contributed by atoms with van der Waals surface area (Å²) >= 11 is 1.64. The monoisotopic (exact) mass is 264 g/mol. The summed E-state index contributed by atoms with van der Waals surface area (Å²) in [6, 6.07) is 0. The molecule has 1 N–H and O–H groups in total. The minimum atomic E-state index is 0.602. The van der Waals surface area contributed by atoms with Gasteiger partial charge in [-0.25, -0.2) is 15.0 Å². The summed E-state index contributed by atoms with van der Waals surface area (Å²) in [7, 11) is 0. The average Bonchev–Trinajstić information content (AvgIpc) is 2.76. The van der Waals surface area contributed by atoms with Crippen molar-refractivity contribution in [2.45, 2.75) is 27.3 Å². The van der Waals surface area contributed by atoms with Gasteiger partial charge in [-0.1, -0.05) is 0 Å². The highest BCUT2D eigenvalue weighted by Gasteiger charge is 2.08. The van der Waals surface area contributed by atoms with Crippen molar-refractivity contribution in [1.82, 2.24) is 15.0 Å². The molecule has 0 aliphatic rings. The van der Waals surface area contributed by atoms with Gasteiger partial charge in [-0.3, -0.25) is 0 Å². The van der Waals surface area contributed by atoms with Gasteiger partial charge >= 0.3 is 0 Å². The predicted octanol–water partition coefficient (Wildman–Crippen LogP) is 2.56. The molecule has 0 saturated heterocycles. The van der Waals surface area contributed by atoms with Gasteiger partial charge in [-0.05, 0) is 20.8 Å². The third kappa shape index (κ3) is 2.76. The van der Waals surface area contributed by atoms with Crippen molar-refractivity contribution >= 4 is 17.2 Å². The van der Waals surface area contributed by atoms with E-state index in [2.05, 4.69) is 20.3 Å². The lowest BCUT2D eigenvalue weighted by Gasteiger charge is -2.10. The Hall–Kier alpha value is -1.69. The van der Waals surface area contributed by atoms with Crippen LogP contribution in [0.4, 0.5) is 5.82 Å². The van der Waals surface area contributed by atoms with Crippen LogP contribution in [0.1, 0.15) is 23.1 Å². The van der Waals surface area contributed by atoms with E-state index >= 15 is 0 Å². The van der Waals surface area contributed by atoms with Gasteiger partial charge in [-0.15, -0.1) is 11.3 Å². The molecule has 2 rings (SSSR count). The largest absolute Gasteiger partial charge is 0.478 e. The number of aromatic nitrogens is 3. The minimum absolute atomic E-state index is 0.602. The molecule has 0 unspecified atom stereocenters. The number of thiazole rings is 1. The molecule has 0 aromatic carbocycles. The number of nitrogens with zero attached hydrogens (tertiary/aromatic N) is 3. The number of anilines is 1. The van der Waals surface area contributed by atoms with Gasteiger partial charge in [-0.2, -0.15) is 0 Å². The van der Waals surface area contributed by atoms with Crippen LogP contribution in [-0.2, 0) is 6.54 Å². The Morgan fingerprint density at radius 3 is 2.78 bits per heavy atom. The summed E-state index contributed by atoms with van der Waals surface area (Å²) < 4.78 is 5.44. The van der Waals surface area contributed by atoms with Gasteiger partial charge in [0.05, 0.1) is 29.9 Å². The van der Waals surface area contributed by atoms with Crippen molar-refractivity contribution in [3.63, 3.8) is 0 Å². The lowest BCUT2D eigenvalue weighted by molar-refractivity contribution is 0.324. The van der Waals surface area contributed by atoms with Crippen LogP contribution in [0, 0.1) is 13.8 Å². The second-order valence-electron chi connectivity index (χ2n) is 3.80. The zero-order chi connectivity index (χ0) is 13.0. The molecular weight excluding hydrogens is 248 g/mol. The summed E-state index contributed by atoms with van der Waals surface area (Å²) in [4.78, 5) is 13.8. The second kappa shape index (κ2) is 5.77. The Bertz CT molecular complexity index is 527. The second-order valence-corrected chi connectivity index (χ2v) is 4.74. The molecule has 0 saturated carbocycles. The zero-order valence-electron chi connectivity index (χ0n) is 10.7. The van der Waals surface area contributed by atoms with E-state index in [-0.39, 0.29) is 0 Å². The van der Waals surface area contributed by atoms with Crippen molar-refractivity contribution in [2.75, 3.05) is 11.9 Å². The number of hydrogen-bond donors (Lipinski definition) is 1. The van der Waals surface area contributed by atoms with E-state index in [0.29, 0.717) is 12.5 Å². The maximum atomic E-state index is 5.44. The van der Waals surface area contributed by atoms with Crippen molar-refractivity contribution in [1.29, 1.82) is 0 Å². The normalized spacial score (nSPS) is 10.4. The molecule has 2 aromatic rings. The van der Waals surface area contributed by atoms with Gasteiger partial charge in [0.2, 0.25) is 5.88 Å². The Morgan fingerprint density at radius 2 is 2.11 bits per heavy atom. The third-order valence-corrected chi connectivity index (χ3v) is 3.52. The van der Waals surface area contributed by atoms with Crippen LogP contribution in [0.15, 0.2) is 11.8 Å². The molecule has 18 heavy (non-hydrogen) atoms. The molecule has 0 aliphatic carbocycles. The maximum absolute atomic E-state index is 5.44. The molecular formula is C12H16N4OS. The Balaban J connectivity index is 2.10. The molecule has 2 aromatic heterocycles. The fourth-order valence-corrected chi connectivity index (χ4v) is 2.27. The van der Waals surface area contributed by atoms with E-state index < -0.39 is 0 Å². The zero-order valence-corrected chi connectivity index (χ0v) is 11.5. The lowest BCUT2D eigenvalue weighted by Crippen LogP contribution is -2.06. The molecule has 5 nitrogen and oxygen atoms in total. The lowest BCUT2D eigenvalue weighted by atomic mass is 10.3. The van der Waals surface area contributed by atoms with Crippen molar-refractivity contribution in [3.05, 3.63) is 28.0 Å². The molecule has 0 aliphatic heterocycles. The maximum Gasteiger partial charge on any atom is 0.221 e. The van der Waals surface area contributed by atoms with Crippen LogP contribution in [0.5, 0.6) is 5.88 Å². The van der Waals surface area contributed by atoms with Gasteiger partial charge in [0.1, 0.15) is 12.1 Å². The highest BCUT2D eigenvalue weighted by molar-refractivity contribution is 7.09. The molecule has 0 spiro atoms. The molecule has 2 heterocycles. The molecule has 0 amide bonds. The molecule has 6 heteroatoms. The van der Waals surface area contributed by atoms with Crippen molar-refractivity contribution in [3.8, 4) is 5.88 Å². The fourth-order valence-electron chi connectivity index (χ4n) is 1.55. The summed E-state index contributed by atoms with van der Waals surface area (Å²) in [6.07, 6.45) is 1.51. The third-order valence-electron chi connectivity index (χ3n) is 2.58. The van der Waals surface area contributed by atoms with Gasteiger partial charge < -0.3 is 10.1 Å². The molecule has 0 bridgehead atoms. The standard InChI is InChI=1S/C12H16N4OS/c1-4-17-12-8(2)11(14-6-15-12)13-5-10-9(3)16-7-18-10/h6-7H,4-5H2,1-3H3,(H,13,14,15). The Labute approximate surface area is 110 Å². The summed E-state index contributed by atoms with van der Waals surface area (Å²) in [5.74, 6) is 1.44. The number of rotatable bonds is 5. The van der Waals surface area contributed by atoms with Crippen molar-refractivity contribution < 1.29 is 4.74 Å². The van der Waals surface area contributed by atoms with E-state index in [1.807, 2.05) is 26.3 Å². The first-order chi connectivity index (χ1) is 8.72. The first-order valence-corrected chi connectivity index (χ1v) is 6.67. The smallest absolute Gasteiger partial charge is 0.221 e. The summed E-state index contributed by atoms with van der Waals surface area (Å²) in [6.45, 7) is 7.22. The van der Waals surface area contributed by atoms with Crippen LogP contribution >= 0.6 is 11.3 Å².